The van der Waals surface area contributed by atoms with Gasteiger partial charge in [-0.3, -0.25) is 4.79 Å². The van der Waals surface area contributed by atoms with E-state index >= 15 is 0 Å². The first-order valence-corrected chi connectivity index (χ1v) is 6.76. The second-order valence-corrected chi connectivity index (χ2v) is 6.71. The van der Waals surface area contributed by atoms with E-state index in [2.05, 4.69) is 0 Å². The highest BCUT2D eigenvalue weighted by molar-refractivity contribution is 7.93. The van der Waals surface area contributed by atoms with E-state index in [4.69, 9.17) is 0 Å². The number of carbonyl (C=O) groups is 1. The van der Waals surface area contributed by atoms with Crippen LogP contribution < -0.4 is 0 Å². The number of hydrogen-bond donors (Lipinski definition) is 1. The van der Waals surface area contributed by atoms with E-state index in [1.54, 1.807) is 32.0 Å². The normalized spacial score (nSPS) is 15.5. The fourth-order valence-electron chi connectivity index (χ4n) is 1.52. The lowest BCUT2D eigenvalue weighted by Crippen LogP contribution is -2.48. The molecule has 0 heterocycles. The number of rotatable bonds is 4. The maximum Gasteiger partial charge on any atom is 0.325 e. The molecular formula is C12H16O4S. The number of carboxylic acid groups (broad SMARTS) is 1. The smallest absolute Gasteiger partial charge is 0.325 e. The largest absolute Gasteiger partial charge is 0.480 e. The average Bonchev–Trinajstić information content (AvgIpc) is 2.28. The summed E-state index contributed by atoms with van der Waals surface area (Å²) in [7, 11) is -3.90. The number of benzene rings is 1. The van der Waals surface area contributed by atoms with Gasteiger partial charge in [0.1, 0.15) is 0 Å². The molecule has 94 valence electrons. The van der Waals surface area contributed by atoms with E-state index < -0.39 is 26.5 Å². The Morgan fingerprint density at radius 3 is 2.06 bits per heavy atom. The maximum absolute atomic E-state index is 12.4. The number of hydrogen-bond acceptors (Lipinski definition) is 3. The van der Waals surface area contributed by atoms with E-state index in [0.717, 1.165) is 0 Å². The molecule has 0 saturated carbocycles. The fraction of sp³-hybridized carbons (Fsp3) is 0.417. The summed E-state index contributed by atoms with van der Waals surface area (Å²) in [5.41, 5.74) is 0. The molecule has 0 fully saturated rings. The Morgan fingerprint density at radius 2 is 1.71 bits per heavy atom. The number of aliphatic carboxylic acids is 1. The third-order valence-electron chi connectivity index (χ3n) is 3.14. The quantitative estimate of drug-likeness (QED) is 0.893. The summed E-state index contributed by atoms with van der Waals surface area (Å²) in [6.07, 6.45) is 0. The maximum atomic E-state index is 12.4. The first kappa shape index (κ1) is 13.7. The molecule has 0 saturated heterocycles. The Bertz CT molecular complexity index is 505. The molecule has 0 amide bonds. The van der Waals surface area contributed by atoms with Crippen LogP contribution in [0.25, 0.3) is 0 Å². The van der Waals surface area contributed by atoms with Gasteiger partial charge in [-0.05, 0) is 25.0 Å². The molecule has 17 heavy (non-hydrogen) atoms. The summed E-state index contributed by atoms with van der Waals surface area (Å²) in [5.74, 6) is -1.85. The summed E-state index contributed by atoms with van der Waals surface area (Å²) in [4.78, 5) is 11.3. The second kappa shape index (κ2) is 4.49. The lowest BCUT2D eigenvalue weighted by atomic mass is 9.97. The van der Waals surface area contributed by atoms with Crippen LogP contribution in [0.3, 0.4) is 0 Å². The summed E-state index contributed by atoms with van der Waals surface area (Å²) in [5, 5.41) is 9.22. The molecule has 1 N–H and O–H groups in total. The van der Waals surface area contributed by atoms with E-state index in [1.807, 2.05) is 0 Å². The Hall–Kier alpha value is -1.36. The van der Waals surface area contributed by atoms with Crippen LogP contribution in [0.15, 0.2) is 35.2 Å². The Labute approximate surface area is 101 Å². The highest BCUT2D eigenvalue weighted by Crippen LogP contribution is 2.32. The van der Waals surface area contributed by atoms with Crippen LogP contribution >= 0.6 is 0 Å². The standard InChI is InChI=1S/C12H16O4S/c1-9(2)12(3,11(13)14)17(15,16)10-7-5-4-6-8-10/h4-9H,1-3H3,(H,13,14). The summed E-state index contributed by atoms with van der Waals surface area (Å²) >= 11 is 0. The van der Waals surface area contributed by atoms with Gasteiger partial charge in [0.15, 0.2) is 14.6 Å². The highest BCUT2D eigenvalue weighted by Gasteiger charge is 2.49. The Kier molecular flexibility index (Phi) is 3.62. The van der Waals surface area contributed by atoms with Gasteiger partial charge in [-0.1, -0.05) is 32.0 Å². The lowest BCUT2D eigenvalue weighted by molar-refractivity contribution is -0.140. The van der Waals surface area contributed by atoms with Gasteiger partial charge in [0.25, 0.3) is 0 Å². The van der Waals surface area contributed by atoms with Crippen molar-refractivity contribution in [3.05, 3.63) is 30.3 Å². The molecule has 5 heteroatoms. The van der Waals surface area contributed by atoms with Gasteiger partial charge in [-0.15, -0.1) is 0 Å². The van der Waals surface area contributed by atoms with E-state index in [9.17, 15) is 18.3 Å². The first-order chi connectivity index (χ1) is 7.74. The summed E-state index contributed by atoms with van der Waals surface area (Å²) in [6.45, 7) is 4.44. The minimum absolute atomic E-state index is 0.0404. The van der Waals surface area contributed by atoms with Crippen LogP contribution in [0, 0.1) is 5.92 Å². The van der Waals surface area contributed by atoms with Crippen LogP contribution in [-0.2, 0) is 14.6 Å². The summed E-state index contributed by atoms with van der Waals surface area (Å²) in [6, 6.07) is 7.68. The van der Waals surface area contributed by atoms with Crippen LogP contribution in [0.2, 0.25) is 0 Å². The predicted molar refractivity (Wildman–Crippen MR) is 64.5 cm³/mol. The zero-order chi connectivity index (χ0) is 13.3. The molecule has 0 aromatic heterocycles. The molecule has 1 rings (SSSR count). The van der Waals surface area contributed by atoms with Crippen LogP contribution in [0.5, 0.6) is 0 Å². The van der Waals surface area contributed by atoms with Crippen LogP contribution in [0.1, 0.15) is 20.8 Å². The number of carboxylic acids is 1. The zero-order valence-electron chi connectivity index (χ0n) is 10.0. The molecule has 0 aliphatic rings. The molecule has 4 nitrogen and oxygen atoms in total. The van der Waals surface area contributed by atoms with E-state index in [1.165, 1.54) is 19.1 Å². The minimum Gasteiger partial charge on any atom is -0.480 e. The van der Waals surface area contributed by atoms with Gasteiger partial charge in [-0.25, -0.2) is 8.42 Å². The van der Waals surface area contributed by atoms with Crippen molar-refractivity contribution in [2.45, 2.75) is 30.4 Å². The first-order valence-electron chi connectivity index (χ1n) is 5.27. The SMILES string of the molecule is CC(C)C(C)(C(=O)O)S(=O)(=O)c1ccccc1. The minimum atomic E-state index is -3.90. The van der Waals surface area contributed by atoms with E-state index in [-0.39, 0.29) is 4.90 Å². The molecule has 1 aromatic rings. The molecular weight excluding hydrogens is 240 g/mol. The highest BCUT2D eigenvalue weighted by atomic mass is 32.2. The van der Waals surface area contributed by atoms with Crippen molar-refractivity contribution in [1.82, 2.24) is 0 Å². The van der Waals surface area contributed by atoms with Crippen molar-refractivity contribution < 1.29 is 18.3 Å². The Balaban J connectivity index is 3.45. The molecule has 1 atom stereocenters. The van der Waals surface area contributed by atoms with Crippen molar-refractivity contribution in [1.29, 1.82) is 0 Å². The lowest BCUT2D eigenvalue weighted by Gasteiger charge is -2.28. The van der Waals surface area contributed by atoms with Gasteiger partial charge in [0.05, 0.1) is 4.90 Å². The zero-order valence-corrected chi connectivity index (χ0v) is 10.9. The molecule has 1 aromatic carbocycles. The molecule has 0 spiro atoms. The second-order valence-electron chi connectivity index (χ2n) is 4.38. The van der Waals surface area contributed by atoms with Crippen molar-refractivity contribution in [3.8, 4) is 0 Å². The van der Waals surface area contributed by atoms with Crippen LogP contribution in [0.4, 0.5) is 0 Å². The van der Waals surface area contributed by atoms with Crippen molar-refractivity contribution in [2.24, 2.45) is 5.92 Å². The molecule has 0 bridgehead atoms. The third-order valence-corrected chi connectivity index (χ3v) is 5.79. The van der Waals surface area contributed by atoms with Crippen molar-refractivity contribution in [2.75, 3.05) is 0 Å². The van der Waals surface area contributed by atoms with E-state index in [0.29, 0.717) is 0 Å². The van der Waals surface area contributed by atoms with Gasteiger partial charge < -0.3 is 5.11 Å². The number of sulfone groups is 1. The topological polar surface area (TPSA) is 71.4 Å². The Morgan fingerprint density at radius 1 is 1.24 bits per heavy atom. The molecule has 0 aliphatic heterocycles. The van der Waals surface area contributed by atoms with Gasteiger partial charge in [-0.2, -0.15) is 0 Å². The van der Waals surface area contributed by atoms with Gasteiger partial charge in [0, 0.05) is 0 Å². The monoisotopic (exact) mass is 256 g/mol. The molecule has 1 unspecified atom stereocenters. The van der Waals surface area contributed by atoms with Crippen LogP contribution in [-0.4, -0.2) is 24.2 Å². The third kappa shape index (κ3) is 2.07. The summed E-state index contributed by atoms with van der Waals surface area (Å²) < 4.78 is 22.9. The van der Waals surface area contributed by atoms with Crippen molar-refractivity contribution in [3.63, 3.8) is 0 Å². The van der Waals surface area contributed by atoms with Crippen molar-refractivity contribution >= 4 is 15.8 Å². The fourth-order valence-corrected chi connectivity index (χ4v) is 3.37. The molecule has 0 aliphatic carbocycles. The average molecular weight is 256 g/mol. The van der Waals surface area contributed by atoms with Gasteiger partial charge in [0.2, 0.25) is 0 Å². The molecule has 0 radical (unpaired) electrons. The van der Waals surface area contributed by atoms with Gasteiger partial charge >= 0.3 is 5.97 Å². The predicted octanol–water partition coefficient (Wildman–Crippen LogP) is 1.96.